The molecule has 4 rings (SSSR count). The molecular formula is C28H28Cl2P2Pd-2. The molecular weight excluding hydrogens is 576 g/mol. The second-order valence-corrected chi connectivity index (χ2v) is 13.7. The molecule has 0 fully saturated rings. The van der Waals surface area contributed by atoms with E-state index in [1.54, 1.807) is 0 Å². The van der Waals surface area contributed by atoms with E-state index in [4.69, 9.17) is 19.1 Å². The zero-order chi connectivity index (χ0) is 23.7. The molecule has 176 valence electrons. The predicted molar refractivity (Wildman–Crippen MR) is 150 cm³/mol. The van der Waals surface area contributed by atoms with Gasteiger partial charge in [-0.3, -0.25) is 0 Å². The van der Waals surface area contributed by atoms with Crippen LogP contribution in [0.3, 0.4) is 0 Å². The fraction of sp³-hybridized carbons (Fsp3) is 0.0714. The van der Waals surface area contributed by atoms with Crippen molar-refractivity contribution in [2.45, 2.75) is 0 Å². The van der Waals surface area contributed by atoms with Gasteiger partial charge in [-0.05, 0) is 21.2 Å². The Labute approximate surface area is 218 Å². The van der Waals surface area contributed by atoms with E-state index in [-0.39, 0.29) is 31.8 Å². The Balaban J connectivity index is 0.000000209. The van der Waals surface area contributed by atoms with Gasteiger partial charge in [-0.25, -0.2) is 0 Å². The first kappa shape index (κ1) is 28.2. The Morgan fingerprint density at radius 1 is 0.455 bits per heavy atom. The van der Waals surface area contributed by atoms with Crippen LogP contribution in [0.4, 0.5) is 0 Å². The van der Waals surface area contributed by atoms with E-state index in [1.807, 2.05) is 0 Å². The van der Waals surface area contributed by atoms with Gasteiger partial charge < -0.3 is 13.8 Å². The van der Waals surface area contributed by atoms with Crippen LogP contribution in [0, 0.1) is 13.8 Å². The Morgan fingerprint density at radius 3 is 0.788 bits per heavy atom. The minimum absolute atomic E-state index is 0.106. The first-order valence-corrected chi connectivity index (χ1v) is 17.5. The number of hydrogen-bond acceptors (Lipinski definition) is 0. The second kappa shape index (κ2) is 17.4. The zero-order valence-electron chi connectivity index (χ0n) is 18.3. The van der Waals surface area contributed by atoms with Gasteiger partial charge in [-0.15, -0.1) is 0 Å². The standard InChI is InChI=1S/2C14H14P.2ClH.Pd/c2*1-2-15(13-9-5-3-6-10-13)14-11-7-4-8-12-14;;;/h2*3-12H,1-2H2;2*1H;/q2*-1;;;+2/p-2. The molecule has 0 nitrogen and oxygen atoms in total. The Hall–Kier alpha value is -1.02. The molecule has 0 atom stereocenters. The molecule has 0 amide bonds. The van der Waals surface area contributed by atoms with Crippen LogP contribution in [0.2, 0.25) is 0 Å². The van der Waals surface area contributed by atoms with Crippen molar-refractivity contribution in [3.05, 3.63) is 135 Å². The molecule has 5 heteroatoms. The van der Waals surface area contributed by atoms with E-state index < -0.39 is 0 Å². The average Bonchev–Trinajstić information content (AvgIpc) is 2.89. The molecule has 0 bridgehead atoms. The van der Waals surface area contributed by atoms with Gasteiger partial charge in [-0.2, -0.15) is 12.3 Å². The fourth-order valence-corrected chi connectivity index (χ4v) is 7.00. The first-order chi connectivity index (χ1) is 16.2. The third kappa shape index (κ3) is 10.0. The Kier molecular flexibility index (Phi) is 14.9. The number of hydrogen-bond donors (Lipinski definition) is 0. The van der Waals surface area contributed by atoms with Gasteiger partial charge in [0.1, 0.15) is 0 Å². The summed E-state index contributed by atoms with van der Waals surface area (Å²) in [5.74, 6) is 0. The maximum absolute atomic E-state index is 4.81. The fourth-order valence-electron chi connectivity index (χ4n) is 3.25. The van der Waals surface area contributed by atoms with Gasteiger partial charge in [0.05, 0.1) is 0 Å². The van der Waals surface area contributed by atoms with Gasteiger partial charge >= 0.3 is 35.0 Å². The summed E-state index contributed by atoms with van der Waals surface area (Å²) in [5, 5.41) is 5.64. The maximum atomic E-state index is 4.81. The molecule has 0 aliphatic heterocycles. The molecule has 0 aliphatic carbocycles. The molecule has 4 aromatic carbocycles. The van der Waals surface area contributed by atoms with E-state index in [2.05, 4.69) is 135 Å². The summed E-state index contributed by atoms with van der Waals surface area (Å²) in [4.78, 5) is 0. The van der Waals surface area contributed by atoms with Crippen molar-refractivity contribution in [1.82, 2.24) is 0 Å². The molecule has 0 N–H and O–H groups in total. The third-order valence-corrected chi connectivity index (χ3v) is 9.30. The summed E-state index contributed by atoms with van der Waals surface area (Å²) < 4.78 is 0. The van der Waals surface area contributed by atoms with E-state index >= 15 is 0 Å². The van der Waals surface area contributed by atoms with Gasteiger partial charge in [-0.1, -0.05) is 137 Å². The molecule has 0 aliphatic rings. The monoisotopic (exact) mass is 602 g/mol. The van der Waals surface area contributed by atoms with Crippen molar-refractivity contribution < 1.29 is 15.9 Å². The van der Waals surface area contributed by atoms with Crippen molar-refractivity contribution in [3.8, 4) is 0 Å². The van der Waals surface area contributed by atoms with Gasteiger partial charge in [0, 0.05) is 0 Å². The van der Waals surface area contributed by atoms with Crippen molar-refractivity contribution in [3.63, 3.8) is 0 Å². The van der Waals surface area contributed by atoms with Crippen LogP contribution in [-0.4, -0.2) is 12.3 Å². The van der Waals surface area contributed by atoms with E-state index in [0.717, 1.165) is 12.3 Å². The van der Waals surface area contributed by atoms with Crippen LogP contribution in [0.1, 0.15) is 0 Å². The third-order valence-electron chi connectivity index (χ3n) is 4.72. The summed E-state index contributed by atoms with van der Waals surface area (Å²) in [6.07, 6.45) is 1.92. The molecule has 0 aromatic heterocycles. The molecule has 4 aromatic rings. The van der Waals surface area contributed by atoms with Gasteiger partial charge in [0.15, 0.2) is 0 Å². The van der Waals surface area contributed by atoms with Crippen LogP contribution in [0.25, 0.3) is 0 Å². The van der Waals surface area contributed by atoms with Crippen LogP contribution < -0.4 is 21.2 Å². The van der Waals surface area contributed by atoms with Crippen molar-refractivity contribution in [1.29, 1.82) is 0 Å². The molecule has 0 saturated heterocycles. The van der Waals surface area contributed by atoms with E-state index in [0.29, 0.717) is 0 Å². The molecule has 33 heavy (non-hydrogen) atoms. The number of halogens is 2. The molecule has 0 heterocycles. The zero-order valence-corrected chi connectivity index (χ0v) is 23.2. The molecule has 0 radical (unpaired) electrons. The van der Waals surface area contributed by atoms with Crippen LogP contribution in [-0.2, 0) is 15.9 Å². The molecule has 0 unspecified atom stereocenters. The summed E-state index contributed by atoms with van der Waals surface area (Å²) in [6.45, 7) is 8.14. The number of rotatable bonds is 6. The number of benzene rings is 4. The summed E-state index contributed by atoms with van der Waals surface area (Å²) in [6, 6.07) is 42.6. The van der Waals surface area contributed by atoms with E-state index in [9.17, 15) is 0 Å². The topological polar surface area (TPSA) is 0 Å². The predicted octanol–water partition coefficient (Wildman–Crippen LogP) is 7.28. The average molecular weight is 604 g/mol. The van der Waals surface area contributed by atoms with Crippen molar-refractivity contribution >= 4 is 56.1 Å². The Bertz CT molecular complexity index is 825. The molecule has 0 saturated carbocycles. The van der Waals surface area contributed by atoms with E-state index in [1.165, 1.54) is 21.2 Å². The van der Waals surface area contributed by atoms with Crippen LogP contribution >= 0.6 is 34.9 Å². The van der Waals surface area contributed by atoms with Crippen LogP contribution in [0.15, 0.2) is 121 Å². The SMILES string of the molecule is [CH2-]CP(c1ccccc1)c1ccccc1.[CH2-]CP(c1ccccc1)c1ccccc1.[Cl][Pd][Cl]. The van der Waals surface area contributed by atoms with Gasteiger partial charge in [0.25, 0.3) is 0 Å². The normalized spacial score (nSPS) is 10.2. The summed E-state index contributed by atoms with van der Waals surface area (Å²) >= 11 is -0.106. The Morgan fingerprint density at radius 2 is 0.636 bits per heavy atom. The second-order valence-electron chi connectivity index (χ2n) is 6.69. The van der Waals surface area contributed by atoms with Gasteiger partial charge in [0.2, 0.25) is 0 Å². The summed E-state index contributed by atoms with van der Waals surface area (Å²) in [5.41, 5.74) is 0. The van der Waals surface area contributed by atoms with Crippen LogP contribution in [0.5, 0.6) is 0 Å². The van der Waals surface area contributed by atoms with Crippen molar-refractivity contribution in [2.24, 2.45) is 0 Å². The van der Waals surface area contributed by atoms with Crippen molar-refractivity contribution in [2.75, 3.05) is 12.3 Å². The first-order valence-electron chi connectivity index (χ1n) is 10.4. The quantitative estimate of drug-likeness (QED) is 0.123. The summed E-state index contributed by atoms with van der Waals surface area (Å²) in [7, 11) is 9.11. The molecule has 0 spiro atoms. The minimum atomic E-state index is -0.260.